The Morgan fingerprint density at radius 2 is 1.88 bits per heavy atom. The Balaban J connectivity index is 1.35. The maximum absolute atomic E-state index is 6.36. The number of nitrogens with one attached hydrogen (secondary N) is 1. The number of morpholine rings is 1. The molecule has 178 valence electrons. The summed E-state index contributed by atoms with van der Waals surface area (Å²) in [5.74, 6) is 0.880. The van der Waals surface area contributed by atoms with Gasteiger partial charge in [-0.25, -0.2) is 0 Å². The van der Waals surface area contributed by atoms with E-state index in [1.165, 1.54) is 0 Å². The van der Waals surface area contributed by atoms with Gasteiger partial charge in [0.2, 0.25) is 0 Å². The fourth-order valence-corrected chi connectivity index (χ4v) is 5.65. The quantitative estimate of drug-likeness (QED) is 0.413. The summed E-state index contributed by atoms with van der Waals surface area (Å²) in [6.45, 7) is 5.48. The molecule has 1 N–H and O–H groups in total. The Morgan fingerprint density at radius 1 is 1.06 bits per heavy atom. The van der Waals surface area contributed by atoms with Crippen molar-refractivity contribution in [3.63, 3.8) is 0 Å². The third-order valence-corrected chi connectivity index (χ3v) is 7.63. The normalized spacial score (nSPS) is 21.1. The Morgan fingerprint density at radius 3 is 2.65 bits per heavy atom. The molecule has 5 rings (SSSR count). The third kappa shape index (κ3) is 5.58. The van der Waals surface area contributed by atoms with E-state index in [9.17, 15) is 0 Å². The van der Waals surface area contributed by atoms with Crippen molar-refractivity contribution in [3.8, 4) is 0 Å². The van der Waals surface area contributed by atoms with Gasteiger partial charge in [0.15, 0.2) is 10.2 Å². The molecule has 0 saturated carbocycles. The van der Waals surface area contributed by atoms with Crippen molar-refractivity contribution in [1.29, 1.82) is 0 Å². The molecule has 9 heteroatoms. The van der Waals surface area contributed by atoms with Gasteiger partial charge in [-0.05, 0) is 67.2 Å². The second-order valence-electron chi connectivity index (χ2n) is 8.34. The highest BCUT2D eigenvalue weighted by Crippen LogP contribution is 2.41. The van der Waals surface area contributed by atoms with Crippen LogP contribution in [-0.4, -0.2) is 59.3 Å². The van der Waals surface area contributed by atoms with E-state index in [0.29, 0.717) is 0 Å². The molecule has 34 heavy (non-hydrogen) atoms. The van der Waals surface area contributed by atoms with Crippen molar-refractivity contribution in [3.05, 3.63) is 77.3 Å². The number of pyridine rings is 1. The van der Waals surface area contributed by atoms with Gasteiger partial charge in [-0.1, -0.05) is 29.4 Å². The van der Waals surface area contributed by atoms with Gasteiger partial charge >= 0.3 is 0 Å². The number of hydrogen-bond donors (Lipinski definition) is 1. The van der Waals surface area contributed by atoms with Crippen LogP contribution >= 0.6 is 35.6 Å². The summed E-state index contributed by atoms with van der Waals surface area (Å²) in [7, 11) is 0. The van der Waals surface area contributed by atoms with Crippen LogP contribution < -0.4 is 5.32 Å². The van der Waals surface area contributed by atoms with E-state index in [-0.39, 0.29) is 12.1 Å². The second-order valence-corrected chi connectivity index (χ2v) is 10.2. The predicted molar refractivity (Wildman–Crippen MR) is 138 cm³/mol. The number of furan rings is 1. The van der Waals surface area contributed by atoms with Crippen molar-refractivity contribution in [1.82, 2.24) is 20.1 Å². The summed E-state index contributed by atoms with van der Waals surface area (Å²) in [6.07, 6.45) is 2.84. The first kappa shape index (κ1) is 23.6. The first-order chi connectivity index (χ1) is 16.7. The van der Waals surface area contributed by atoms with E-state index in [2.05, 4.69) is 26.2 Å². The Hall–Kier alpha value is -2.10. The molecule has 2 fully saturated rings. The highest BCUT2D eigenvalue weighted by molar-refractivity contribution is 7.99. The average molecular weight is 515 g/mol. The lowest BCUT2D eigenvalue weighted by molar-refractivity contribution is 0.0365. The largest absolute Gasteiger partial charge is 0.452 e. The first-order valence-corrected chi connectivity index (χ1v) is 13.1. The van der Waals surface area contributed by atoms with Crippen LogP contribution in [0.4, 0.5) is 0 Å². The van der Waals surface area contributed by atoms with Crippen molar-refractivity contribution < 1.29 is 9.15 Å². The maximum atomic E-state index is 6.36. The summed E-state index contributed by atoms with van der Waals surface area (Å²) in [4.78, 5) is 10.4. The third-order valence-electron chi connectivity index (χ3n) is 6.10. The topological polar surface area (TPSA) is 53.8 Å². The molecule has 2 aliphatic heterocycles. The van der Waals surface area contributed by atoms with E-state index in [1.807, 2.05) is 54.7 Å². The van der Waals surface area contributed by atoms with E-state index < -0.39 is 0 Å². The van der Waals surface area contributed by atoms with Gasteiger partial charge in [0.05, 0.1) is 24.9 Å². The van der Waals surface area contributed by atoms with E-state index in [4.69, 9.17) is 33.0 Å². The molecule has 4 heterocycles. The number of aromatic nitrogens is 1. The zero-order valence-corrected chi connectivity index (χ0v) is 21.1. The zero-order valence-electron chi connectivity index (χ0n) is 18.7. The molecule has 0 bridgehead atoms. The molecule has 2 aromatic heterocycles. The summed E-state index contributed by atoms with van der Waals surface area (Å²) >= 11 is 13.4. The fraction of sp³-hybridized carbons (Fsp3) is 0.360. The molecule has 3 aromatic rings. The number of thiocarbonyl (C=S) groups is 1. The van der Waals surface area contributed by atoms with Crippen molar-refractivity contribution in [2.75, 3.05) is 39.4 Å². The smallest absolute Gasteiger partial charge is 0.170 e. The minimum absolute atomic E-state index is 0.0633. The highest BCUT2D eigenvalue weighted by atomic mass is 35.5. The molecule has 0 radical (unpaired) electrons. The minimum Gasteiger partial charge on any atom is -0.452 e. The fourth-order valence-electron chi connectivity index (χ4n) is 4.41. The number of benzene rings is 1. The lowest BCUT2D eigenvalue weighted by Crippen LogP contribution is -2.38. The summed E-state index contributed by atoms with van der Waals surface area (Å²) in [6, 6.07) is 17.7. The van der Waals surface area contributed by atoms with Crippen LogP contribution in [0.5, 0.6) is 0 Å². The van der Waals surface area contributed by atoms with Crippen molar-refractivity contribution in [2.45, 2.75) is 28.5 Å². The van der Waals surface area contributed by atoms with E-state index >= 15 is 0 Å². The predicted octanol–water partition coefficient (Wildman–Crippen LogP) is 5.17. The number of rotatable bonds is 8. The van der Waals surface area contributed by atoms with Crippen LogP contribution in [0.3, 0.4) is 0 Å². The molecular formula is C25H27ClN4O2S2. The highest BCUT2D eigenvalue weighted by Gasteiger charge is 2.41. The van der Waals surface area contributed by atoms with Gasteiger partial charge in [0.25, 0.3) is 0 Å². The Labute approximate surface area is 214 Å². The van der Waals surface area contributed by atoms with Gasteiger partial charge in [0.1, 0.15) is 11.8 Å². The molecule has 6 nitrogen and oxygen atoms in total. The van der Waals surface area contributed by atoms with Crippen LogP contribution in [0.1, 0.15) is 30.0 Å². The van der Waals surface area contributed by atoms with Gasteiger partial charge in [-0.2, -0.15) is 0 Å². The van der Waals surface area contributed by atoms with Crippen LogP contribution in [0, 0.1) is 0 Å². The molecule has 2 saturated heterocycles. The van der Waals surface area contributed by atoms with Crippen LogP contribution in [0.15, 0.2) is 75.2 Å². The van der Waals surface area contributed by atoms with Crippen LogP contribution in [0.2, 0.25) is 5.02 Å². The summed E-state index contributed by atoms with van der Waals surface area (Å²) < 4.78 is 11.8. The monoisotopic (exact) mass is 514 g/mol. The maximum Gasteiger partial charge on any atom is 0.170 e. The number of halogens is 1. The molecule has 1 aromatic carbocycles. The Bertz CT molecular complexity index is 1090. The molecule has 0 amide bonds. The zero-order chi connectivity index (χ0) is 23.3. The lowest BCUT2D eigenvalue weighted by Gasteiger charge is -2.29. The van der Waals surface area contributed by atoms with Gasteiger partial charge in [0, 0.05) is 42.3 Å². The lowest BCUT2D eigenvalue weighted by atomic mass is 10.0. The summed E-state index contributed by atoms with van der Waals surface area (Å²) in [5, 5.41) is 5.80. The average Bonchev–Trinajstić information content (AvgIpc) is 3.46. The van der Waals surface area contributed by atoms with E-state index in [1.54, 1.807) is 11.8 Å². The van der Waals surface area contributed by atoms with Crippen LogP contribution in [0.25, 0.3) is 0 Å². The van der Waals surface area contributed by atoms with Crippen molar-refractivity contribution in [2.24, 2.45) is 0 Å². The molecular weight excluding hydrogens is 488 g/mol. The second kappa shape index (κ2) is 11.1. The molecule has 2 atom stereocenters. The molecule has 0 spiro atoms. The van der Waals surface area contributed by atoms with E-state index in [0.717, 1.165) is 77.4 Å². The van der Waals surface area contributed by atoms with Gasteiger partial charge in [-0.3, -0.25) is 9.88 Å². The minimum atomic E-state index is -0.0726. The van der Waals surface area contributed by atoms with Gasteiger partial charge in [-0.15, -0.1) is 0 Å². The number of nitrogens with zero attached hydrogens (tertiary/aromatic N) is 3. The SMILES string of the molecule is S=C1N[C@H](c2ccccn2)[C@@H](c2ccc(Sc3ccc(Cl)cc3)o2)N1CCCN1CCOCC1. The standard InChI is InChI=1S/C25H27ClN4O2S2/c26-18-5-7-19(8-6-18)34-22-10-9-21(32-22)24-23(20-4-1-2-11-27-20)28-25(33)30(24)13-3-12-29-14-16-31-17-15-29/h1-2,4-11,23-24H,3,12-17H2,(H,28,33)/t23-,24-/m1/s1. The first-order valence-electron chi connectivity index (χ1n) is 11.5. The molecule has 2 aliphatic rings. The van der Waals surface area contributed by atoms with Crippen LogP contribution in [-0.2, 0) is 4.74 Å². The molecule has 0 unspecified atom stereocenters. The molecule has 0 aliphatic carbocycles. The Kier molecular flexibility index (Phi) is 7.71. The van der Waals surface area contributed by atoms with Crippen molar-refractivity contribution >= 4 is 40.7 Å². The number of ether oxygens (including phenoxy) is 1. The van der Waals surface area contributed by atoms with Gasteiger partial charge < -0.3 is 19.4 Å². The number of hydrogen-bond acceptors (Lipinski definition) is 6. The summed E-state index contributed by atoms with van der Waals surface area (Å²) in [5.41, 5.74) is 0.953.